The number of halogens is 3. The molecule has 4 aromatic rings. The van der Waals surface area contributed by atoms with Crippen molar-refractivity contribution in [3.63, 3.8) is 0 Å². The number of nitrogens with zero attached hydrogens (tertiary/aromatic N) is 4. The molecule has 2 aromatic heterocycles. The van der Waals surface area contributed by atoms with Gasteiger partial charge in [-0.15, -0.1) is 0 Å². The van der Waals surface area contributed by atoms with Gasteiger partial charge in [0.25, 0.3) is 11.8 Å². The standard InChI is InChI=1S/C31H25ClF2N6O3/c32-23-4-2-1-3-22(23)28(29(42)38-20-15-31(33,34)16-20)39(21-5-6-24-19(14-21)10-12-36-24)30(43)25-7-8-27(41)40(25)26-13-18(17-35)9-11-37-26/h1-6,9-14,20,25,28,36H,7-8,15-16H2,(H,38,42)/t25-,28?/m0/s1. The van der Waals surface area contributed by atoms with Gasteiger partial charge in [-0.1, -0.05) is 29.8 Å². The zero-order valence-electron chi connectivity index (χ0n) is 22.6. The molecule has 2 atom stereocenters. The van der Waals surface area contributed by atoms with Gasteiger partial charge in [0.2, 0.25) is 11.8 Å². The van der Waals surface area contributed by atoms with Crippen LogP contribution in [0.3, 0.4) is 0 Å². The fraction of sp³-hybridized carbons (Fsp3) is 0.258. The van der Waals surface area contributed by atoms with Crippen LogP contribution in [0.1, 0.15) is 42.9 Å². The van der Waals surface area contributed by atoms with Crippen LogP contribution < -0.4 is 15.1 Å². The summed E-state index contributed by atoms with van der Waals surface area (Å²) < 4.78 is 27.4. The van der Waals surface area contributed by atoms with Crippen molar-refractivity contribution in [3.8, 4) is 6.07 Å². The molecule has 3 heterocycles. The minimum atomic E-state index is -2.87. The van der Waals surface area contributed by atoms with E-state index in [1.165, 1.54) is 28.1 Å². The number of benzene rings is 2. The van der Waals surface area contributed by atoms with Crippen molar-refractivity contribution in [2.75, 3.05) is 9.80 Å². The molecule has 43 heavy (non-hydrogen) atoms. The second-order valence-electron chi connectivity index (χ2n) is 10.7. The van der Waals surface area contributed by atoms with Crippen LogP contribution in [0, 0.1) is 11.3 Å². The second-order valence-corrected chi connectivity index (χ2v) is 11.1. The van der Waals surface area contributed by atoms with E-state index in [1.807, 2.05) is 12.1 Å². The number of rotatable bonds is 7. The van der Waals surface area contributed by atoms with Crippen molar-refractivity contribution >= 4 is 51.7 Å². The van der Waals surface area contributed by atoms with Crippen LogP contribution in [0.25, 0.3) is 10.9 Å². The van der Waals surface area contributed by atoms with E-state index in [-0.39, 0.29) is 40.7 Å². The van der Waals surface area contributed by atoms with Gasteiger partial charge in [0, 0.05) is 64.9 Å². The molecule has 6 rings (SSSR count). The van der Waals surface area contributed by atoms with Crippen LogP contribution in [0.4, 0.5) is 20.3 Å². The largest absolute Gasteiger partial charge is 0.361 e. The molecular formula is C31H25ClF2N6O3. The zero-order valence-corrected chi connectivity index (χ0v) is 23.4. The van der Waals surface area contributed by atoms with E-state index in [4.69, 9.17) is 11.6 Å². The van der Waals surface area contributed by atoms with Crippen LogP contribution in [0.2, 0.25) is 5.02 Å². The summed E-state index contributed by atoms with van der Waals surface area (Å²) in [7, 11) is 0. The molecule has 1 saturated heterocycles. The quantitative estimate of drug-likeness (QED) is 0.298. The first-order valence-corrected chi connectivity index (χ1v) is 14.0. The predicted molar refractivity (Wildman–Crippen MR) is 156 cm³/mol. The Kier molecular flexibility index (Phi) is 7.31. The van der Waals surface area contributed by atoms with Crippen LogP contribution in [-0.2, 0) is 14.4 Å². The summed E-state index contributed by atoms with van der Waals surface area (Å²) in [5, 5.41) is 13.0. The number of aromatic amines is 1. The molecule has 1 aliphatic carbocycles. The van der Waals surface area contributed by atoms with Crippen molar-refractivity contribution in [2.24, 2.45) is 0 Å². The molecule has 2 N–H and O–H groups in total. The number of carbonyl (C=O) groups excluding carboxylic acids is 3. The molecule has 2 aliphatic rings. The van der Waals surface area contributed by atoms with E-state index in [0.29, 0.717) is 5.69 Å². The lowest BCUT2D eigenvalue weighted by Crippen LogP contribution is -2.56. The second kappa shape index (κ2) is 11.1. The molecule has 0 spiro atoms. The summed E-state index contributed by atoms with van der Waals surface area (Å²) in [6, 6.07) is 15.2. The molecule has 9 nitrogen and oxygen atoms in total. The Balaban J connectivity index is 1.47. The zero-order chi connectivity index (χ0) is 30.3. The number of hydrogen-bond donors (Lipinski definition) is 2. The summed E-state index contributed by atoms with van der Waals surface area (Å²) in [6.07, 6.45) is 2.27. The first-order chi connectivity index (χ1) is 20.6. The third kappa shape index (κ3) is 5.42. The molecule has 218 valence electrons. The summed E-state index contributed by atoms with van der Waals surface area (Å²) in [5.41, 5.74) is 1.68. The number of fused-ring (bicyclic) bond motifs is 1. The average molecular weight is 603 g/mol. The van der Waals surface area contributed by atoms with Crippen LogP contribution >= 0.6 is 11.6 Å². The number of alkyl halides is 2. The van der Waals surface area contributed by atoms with Crippen molar-refractivity contribution in [1.82, 2.24) is 15.3 Å². The van der Waals surface area contributed by atoms with E-state index in [0.717, 1.165) is 10.9 Å². The Hall–Kier alpha value is -4.82. The van der Waals surface area contributed by atoms with Crippen LogP contribution in [-0.4, -0.2) is 45.7 Å². The number of H-pyrrole nitrogens is 1. The van der Waals surface area contributed by atoms with Crippen molar-refractivity contribution in [2.45, 2.75) is 49.7 Å². The lowest BCUT2D eigenvalue weighted by atomic mass is 9.87. The lowest BCUT2D eigenvalue weighted by molar-refractivity contribution is -0.133. The molecule has 1 saturated carbocycles. The van der Waals surface area contributed by atoms with Crippen molar-refractivity contribution < 1.29 is 23.2 Å². The Labute approximate surface area is 250 Å². The SMILES string of the molecule is N#Cc1ccnc(N2C(=O)CC[C@H]2C(=O)N(c2ccc3[nH]ccc3c2)C(C(=O)NC2CC(F)(F)C2)c2ccccc2Cl)c1. The molecule has 12 heteroatoms. The highest BCUT2D eigenvalue weighted by Gasteiger charge is 2.48. The fourth-order valence-electron chi connectivity index (χ4n) is 5.72. The van der Waals surface area contributed by atoms with E-state index < -0.39 is 48.7 Å². The summed E-state index contributed by atoms with van der Waals surface area (Å²) in [6.45, 7) is 0. The Morgan fingerprint density at radius 2 is 1.95 bits per heavy atom. The molecule has 1 aliphatic heterocycles. The van der Waals surface area contributed by atoms with Gasteiger partial charge in [0.05, 0.1) is 11.6 Å². The van der Waals surface area contributed by atoms with Gasteiger partial charge in [0.15, 0.2) is 0 Å². The minimum absolute atomic E-state index is 0.0413. The summed E-state index contributed by atoms with van der Waals surface area (Å²) in [4.78, 5) is 51.7. The minimum Gasteiger partial charge on any atom is -0.361 e. The number of anilines is 2. The van der Waals surface area contributed by atoms with E-state index in [2.05, 4.69) is 15.3 Å². The van der Waals surface area contributed by atoms with Crippen LogP contribution in [0.5, 0.6) is 0 Å². The Bertz CT molecular complexity index is 1780. The summed E-state index contributed by atoms with van der Waals surface area (Å²) >= 11 is 6.60. The molecule has 3 amide bonds. The predicted octanol–water partition coefficient (Wildman–Crippen LogP) is 5.27. The average Bonchev–Trinajstić information content (AvgIpc) is 3.61. The van der Waals surface area contributed by atoms with E-state index >= 15 is 0 Å². The van der Waals surface area contributed by atoms with Gasteiger partial charge in [-0.2, -0.15) is 5.26 Å². The third-order valence-corrected chi connectivity index (χ3v) is 8.16. The number of nitriles is 1. The van der Waals surface area contributed by atoms with E-state index in [1.54, 1.807) is 48.7 Å². The molecule has 2 aromatic carbocycles. The number of nitrogens with one attached hydrogen (secondary N) is 2. The van der Waals surface area contributed by atoms with Gasteiger partial charge >= 0.3 is 0 Å². The van der Waals surface area contributed by atoms with Crippen molar-refractivity contribution in [3.05, 3.63) is 89.2 Å². The summed E-state index contributed by atoms with van der Waals surface area (Å²) in [5.74, 6) is -4.38. The first kappa shape index (κ1) is 28.3. The maximum absolute atomic E-state index is 14.7. The highest BCUT2D eigenvalue weighted by molar-refractivity contribution is 6.31. The van der Waals surface area contributed by atoms with Gasteiger partial charge in [-0.25, -0.2) is 13.8 Å². The number of amides is 3. The molecule has 2 fully saturated rings. The molecule has 0 bridgehead atoms. The number of pyridine rings is 1. The molecular weight excluding hydrogens is 578 g/mol. The first-order valence-electron chi connectivity index (χ1n) is 13.7. The lowest BCUT2D eigenvalue weighted by Gasteiger charge is -2.39. The topological polar surface area (TPSA) is 122 Å². The van der Waals surface area contributed by atoms with Gasteiger partial charge in [-0.3, -0.25) is 24.2 Å². The van der Waals surface area contributed by atoms with Gasteiger partial charge in [0.1, 0.15) is 17.9 Å². The maximum atomic E-state index is 14.7. The van der Waals surface area contributed by atoms with E-state index in [9.17, 15) is 28.4 Å². The van der Waals surface area contributed by atoms with Crippen molar-refractivity contribution in [1.29, 1.82) is 5.26 Å². The smallest absolute Gasteiger partial charge is 0.252 e. The third-order valence-electron chi connectivity index (χ3n) is 7.81. The fourth-order valence-corrected chi connectivity index (χ4v) is 5.96. The number of hydrogen-bond acceptors (Lipinski definition) is 5. The molecule has 1 unspecified atom stereocenters. The number of aromatic nitrogens is 2. The normalized spacial score (nSPS) is 18.6. The highest BCUT2D eigenvalue weighted by atomic mass is 35.5. The number of carbonyl (C=O) groups is 3. The van der Waals surface area contributed by atoms with Gasteiger partial charge < -0.3 is 10.3 Å². The Morgan fingerprint density at radius 3 is 2.70 bits per heavy atom. The van der Waals surface area contributed by atoms with Gasteiger partial charge in [-0.05, 0) is 48.9 Å². The molecule has 0 radical (unpaired) electrons. The monoisotopic (exact) mass is 602 g/mol. The van der Waals surface area contributed by atoms with Crippen LogP contribution in [0.15, 0.2) is 73.1 Å². The Morgan fingerprint density at radius 1 is 1.16 bits per heavy atom. The maximum Gasteiger partial charge on any atom is 0.252 e. The highest BCUT2D eigenvalue weighted by Crippen LogP contribution is 2.40.